The lowest BCUT2D eigenvalue weighted by Crippen LogP contribution is -2.45. The van der Waals surface area contributed by atoms with Gasteiger partial charge in [-0.3, -0.25) is 9.59 Å². The molecule has 0 rings (SSSR count). The Labute approximate surface area is 355 Å². The predicted octanol–water partition coefficient (Wildman–Crippen LogP) is 15.0. The maximum Gasteiger partial charge on any atom is 0.305 e. The molecule has 2 atom stereocenters. The Morgan fingerprint density at radius 1 is 0.474 bits per heavy atom. The lowest BCUT2D eigenvalue weighted by Gasteiger charge is -2.20. The molecule has 0 aromatic heterocycles. The smallest absolute Gasteiger partial charge is 0.305 e. The molecule has 1 amide bonds. The molecule has 0 aromatic carbocycles. The van der Waals surface area contributed by atoms with Crippen LogP contribution in [0.4, 0.5) is 0 Å². The van der Waals surface area contributed by atoms with Gasteiger partial charge in [-0.2, -0.15) is 0 Å². The van der Waals surface area contributed by atoms with Crippen LogP contribution in [0.5, 0.6) is 0 Å². The van der Waals surface area contributed by atoms with Crippen LogP contribution in [-0.2, 0) is 14.3 Å². The molecule has 3 N–H and O–H groups in total. The maximum absolute atomic E-state index is 12.4. The molecule has 0 aliphatic heterocycles. The lowest BCUT2D eigenvalue weighted by molar-refractivity contribution is -0.143. The zero-order chi connectivity index (χ0) is 41.5. The number of ether oxygens (including phenoxy) is 1. The number of amides is 1. The average molecular weight is 806 g/mol. The summed E-state index contributed by atoms with van der Waals surface area (Å²) in [6.07, 6.45) is 53.4. The number of aliphatic hydroxyl groups excluding tert-OH is 2. The number of nitrogens with one attached hydrogen (secondary N) is 1. The Kier molecular flexibility index (Phi) is 46.1. The van der Waals surface area contributed by atoms with E-state index in [-0.39, 0.29) is 18.5 Å². The van der Waals surface area contributed by atoms with E-state index in [1.807, 2.05) is 6.08 Å². The molecular formula is C51H99NO5. The molecule has 57 heavy (non-hydrogen) atoms. The van der Waals surface area contributed by atoms with Crippen molar-refractivity contribution >= 4 is 11.9 Å². The summed E-state index contributed by atoms with van der Waals surface area (Å²) in [5, 5.41) is 23.1. The largest absolute Gasteiger partial charge is 0.466 e. The maximum atomic E-state index is 12.4. The SMILES string of the molecule is CCCCCCCCCCCCCCCC/C=C/C(O)C(CO)NC(=O)CCCCCCCCCCCCCCOC(=O)CCCCCCCCCCCCCC. The number of carbonyl (C=O) groups is 2. The molecular weight excluding hydrogens is 707 g/mol. The van der Waals surface area contributed by atoms with Gasteiger partial charge in [-0.25, -0.2) is 0 Å². The van der Waals surface area contributed by atoms with Crippen molar-refractivity contribution in [2.45, 2.75) is 289 Å². The van der Waals surface area contributed by atoms with Gasteiger partial charge in [0.25, 0.3) is 0 Å². The fourth-order valence-corrected chi connectivity index (χ4v) is 7.87. The number of unbranched alkanes of at least 4 members (excludes halogenated alkanes) is 36. The highest BCUT2D eigenvalue weighted by atomic mass is 16.5. The molecule has 0 aromatic rings. The first kappa shape index (κ1) is 55.6. The molecule has 0 spiro atoms. The summed E-state index contributed by atoms with van der Waals surface area (Å²) >= 11 is 0. The molecule has 338 valence electrons. The highest BCUT2D eigenvalue weighted by Crippen LogP contribution is 2.16. The Morgan fingerprint density at radius 3 is 1.19 bits per heavy atom. The van der Waals surface area contributed by atoms with E-state index < -0.39 is 12.1 Å². The molecule has 6 nitrogen and oxygen atoms in total. The summed E-state index contributed by atoms with van der Waals surface area (Å²) in [6, 6.07) is -0.638. The second-order valence-electron chi connectivity index (χ2n) is 17.5. The minimum absolute atomic E-state index is 0.00998. The van der Waals surface area contributed by atoms with E-state index >= 15 is 0 Å². The first-order valence-electron chi connectivity index (χ1n) is 25.5. The third-order valence-electron chi connectivity index (χ3n) is 11.8. The summed E-state index contributed by atoms with van der Waals surface area (Å²) in [4.78, 5) is 24.4. The van der Waals surface area contributed by atoms with Crippen LogP contribution in [0, 0.1) is 0 Å². The molecule has 6 heteroatoms. The third kappa shape index (κ3) is 44.0. The van der Waals surface area contributed by atoms with Gasteiger partial charge in [-0.1, -0.05) is 244 Å². The van der Waals surface area contributed by atoms with Crippen LogP contribution in [-0.4, -0.2) is 47.4 Å². The van der Waals surface area contributed by atoms with E-state index in [0.29, 0.717) is 19.4 Å². The van der Waals surface area contributed by atoms with E-state index in [9.17, 15) is 19.8 Å². The number of hydrogen-bond donors (Lipinski definition) is 3. The Balaban J connectivity index is 3.50. The minimum Gasteiger partial charge on any atom is -0.466 e. The van der Waals surface area contributed by atoms with Crippen molar-refractivity contribution in [3.05, 3.63) is 12.2 Å². The summed E-state index contributed by atoms with van der Waals surface area (Å²) in [6.45, 7) is 4.87. The molecule has 2 unspecified atom stereocenters. The zero-order valence-corrected chi connectivity index (χ0v) is 38.3. The van der Waals surface area contributed by atoms with Crippen LogP contribution in [0.2, 0.25) is 0 Å². The second-order valence-corrected chi connectivity index (χ2v) is 17.5. The van der Waals surface area contributed by atoms with Crippen molar-refractivity contribution in [2.75, 3.05) is 13.2 Å². The first-order chi connectivity index (χ1) is 28.0. The van der Waals surface area contributed by atoms with Gasteiger partial charge in [0.05, 0.1) is 25.4 Å². The van der Waals surface area contributed by atoms with Crippen molar-refractivity contribution in [2.24, 2.45) is 0 Å². The number of allylic oxidation sites excluding steroid dienone is 1. The summed E-state index contributed by atoms with van der Waals surface area (Å²) in [5.74, 6) is -0.0920. The average Bonchev–Trinajstić information content (AvgIpc) is 3.21. The standard InChI is InChI=1S/C51H99NO5/c1-3-5-7-9-11-13-15-17-18-19-20-23-27-31-35-39-43-49(54)48(47-53)52-50(55)44-40-36-32-28-24-21-22-26-30-34-38-42-46-57-51(56)45-41-37-33-29-25-16-14-12-10-8-6-4-2/h39,43,48-49,53-54H,3-38,40-42,44-47H2,1-2H3,(H,52,55)/b43-39+. The second kappa shape index (κ2) is 47.3. The number of aliphatic hydroxyl groups is 2. The Hall–Kier alpha value is -1.40. The van der Waals surface area contributed by atoms with Crippen molar-refractivity contribution in [3.8, 4) is 0 Å². The molecule has 0 saturated heterocycles. The highest BCUT2D eigenvalue weighted by Gasteiger charge is 2.18. The number of rotatable bonds is 47. The predicted molar refractivity (Wildman–Crippen MR) is 246 cm³/mol. The van der Waals surface area contributed by atoms with Gasteiger partial charge < -0.3 is 20.3 Å². The molecule has 0 fully saturated rings. The first-order valence-corrected chi connectivity index (χ1v) is 25.5. The third-order valence-corrected chi connectivity index (χ3v) is 11.8. The van der Waals surface area contributed by atoms with Crippen molar-refractivity contribution < 1.29 is 24.5 Å². The Morgan fingerprint density at radius 2 is 0.807 bits per heavy atom. The number of carbonyl (C=O) groups excluding carboxylic acids is 2. The van der Waals surface area contributed by atoms with Crippen LogP contribution in [0.1, 0.15) is 277 Å². The van der Waals surface area contributed by atoms with E-state index in [2.05, 4.69) is 19.2 Å². The fourth-order valence-electron chi connectivity index (χ4n) is 7.87. The summed E-state index contributed by atoms with van der Waals surface area (Å²) in [5.41, 5.74) is 0. The number of hydrogen-bond acceptors (Lipinski definition) is 5. The molecule has 0 bridgehead atoms. The van der Waals surface area contributed by atoms with Crippen LogP contribution in [0.15, 0.2) is 12.2 Å². The highest BCUT2D eigenvalue weighted by molar-refractivity contribution is 5.76. The normalized spacial score (nSPS) is 12.7. The van der Waals surface area contributed by atoms with Crippen LogP contribution < -0.4 is 5.32 Å². The quantitative estimate of drug-likeness (QED) is 0.0323. The topological polar surface area (TPSA) is 95.9 Å². The summed E-state index contributed by atoms with van der Waals surface area (Å²) in [7, 11) is 0. The van der Waals surface area contributed by atoms with Crippen molar-refractivity contribution in [1.29, 1.82) is 0 Å². The van der Waals surface area contributed by atoms with Crippen LogP contribution in [0.3, 0.4) is 0 Å². The van der Waals surface area contributed by atoms with Crippen molar-refractivity contribution in [1.82, 2.24) is 5.32 Å². The fraction of sp³-hybridized carbons (Fsp3) is 0.922. The van der Waals surface area contributed by atoms with Gasteiger partial charge in [0, 0.05) is 12.8 Å². The van der Waals surface area contributed by atoms with Gasteiger partial charge in [0.15, 0.2) is 0 Å². The van der Waals surface area contributed by atoms with Gasteiger partial charge in [0.1, 0.15) is 0 Å². The van der Waals surface area contributed by atoms with E-state index in [4.69, 9.17) is 4.74 Å². The molecule has 0 radical (unpaired) electrons. The molecule has 0 saturated carbocycles. The van der Waals surface area contributed by atoms with E-state index in [1.54, 1.807) is 6.08 Å². The van der Waals surface area contributed by atoms with E-state index in [1.165, 1.54) is 193 Å². The minimum atomic E-state index is -0.853. The van der Waals surface area contributed by atoms with Gasteiger partial charge in [-0.05, 0) is 32.1 Å². The van der Waals surface area contributed by atoms with Gasteiger partial charge in [-0.15, -0.1) is 0 Å². The van der Waals surface area contributed by atoms with Gasteiger partial charge in [0.2, 0.25) is 5.91 Å². The van der Waals surface area contributed by atoms with E-state index in [0.717, 1.165) is 57.8 Å². The van der Waals surface area contributed by atoms with Crippen LogP contribution >= 0.6 is 0 Å². The number of esters is 1. The zero-order valence-electron chi connectivity index (χ0n) is 38.3. The molecule has 0 aliphatic carbocycles. The molecule has 0 aliphatic rings. The van der Waals surface area contributed by atoms with Crippen LogP contribution in [0.25, 0.3) is 0 Å². The monoisotopic (exact) mass is 806 g/mol. The van der Waals surface area contributed by atoms with Gasteiger partial charge >= 0.3 is 5.97 Å². The Bertz CT molecular complexity index is 847. The lowest BCUT2D eigenvalue weighted by atomic mass is 10.0. The molecule has 0 heterocycles. The van der Waals surface area contributed by atoms with Crippen molar-refractivity contribution in [3.63, 3.8) is 0 Å². The summed E-state index contributed by atoms with van der Waals surface area (Å²) < 4.78 is 5.45.